The number of nitrogens with one attached hydrogen (secondary N) is 2. The molecule has 1 saturated carbocycles. The highest BCUT2D eigenvalue weighted by molar-refractivity contribution is 5.85. The van der Waals surface area contributed by atoms with Crippen LogP contribution in [-0.4, -0.2) is 58.8 Å². The van der Waals surface area contributed by atoms with Gasteiger partial charge in [-0.05, 0) is 63.1 Å². The second-order valence-corrected chi connectivity index (χ2v) is 11.9. The predicted molar refractivity (Wildman–Crippen MR) is 157 cm³/mol. The van der Waals surface area contributed by atoms with Crippen LogP contribution in [0.4, 0.5) is 0 Å². The zero-order valence-corrected chi connectivity index (χ0v) is 24.2. The number of para-hydroxylation sites is 1. The van der Waals surface area contributed by atoms with E-state index in [-0.39, 0.29) is 17.9 Å². The minimum absolute atomic E-state index is 0.0559. The molecule has 2 fully saturated rings. The Balaban J connectivity index is 1.30. The lowest BCUT2D eigenvalue weighted by Gasteiger charge is -2.52. The fraction of sp³-hybridized carbons (Fsp3) is 0.562. The van der Waals surface area contributed by atoms with E-state index >= 15 is 0 Å². The fourth-order valence-corrected chi connectivity index (χ4v) is 6.60. The van der Waals surface area contributed by atoms with E-state index in [0.29, 0.717) is 29.9 Å². The van der Waals surface area contributed by atoms with Crippen molar-refractivity contribution >= 4 is 22.6 Å². The summed E-state index contributed by atoms with van der Waals surface area (Å²) in [7, 11) is 3.80. The average Bonchev–Trinajstić information content (AvgIpc) is 3.45. The van der Waals surface area contributed by atoms with Crippen molar-refractivity contribution in [2.24, 2.45) is 11.3 Å². The molecule has 0 unspecified atom stereocenters. The topological polar surface area (TPSA) is 100 Å². The molecule has 0 bridgehead atoms. The molecule has 2 aromatic heterocycles. The van der Waals surface area contributed by atoms with Gasteiger partial charge in [-0.1, -0.05) is 38.0 Å². The lowest BCUT2D eigenvalue weighted by Crippen LogP contribution is -2.56. The van der Waals surface area contributed by atoms with Gasteiger partial charge in [0.15, 0.2) is 0 Å². The molecule has 1 atom stereocenters. The van der Waals surface area contributed by atoms with Crippen molar-refractivity contribution in [3.63, 3.8) is 0 Å². The fourth-order valence-electron chi connectivity index (χ4n) is 6.60. The standard InChI is InChI=1S/C32H43N5O3/c1-4-24(38)11-6-5-7-13-27(35-30(39)22-14-16-32(17-15-22)20-37(2)21-32)29-33-19-28(34-29)25-18-23-10-8-9-12-26(23)36-31(25)40-3/h8-10,12,18-19,22,27H,4-7,11,13-17,20-21H2,1-3H3,(H,33,34)(H,35,39)/t27-/m0/s1. The minimum Gasteiger partial charge on any atom is -0.480 e. The lowest BCUT2D eigenvalue weighted by atomic mass is 9.66. The summed E-state index contributed by atoms with van der Waals surface area (Å²) in [5.74, 6) is 1.78. The number of hydrogen-bond acceptors (Lipinski definition) is 6. The van der Waals surface area contributed by atoms with Crippen LogP contribution in [-0.2, 0) is 9.59 Å². The number of imidazole rings is 1. The van der Waals surface area contributed by atoms with Crippen molar-refractivity contribution in [3.8, 4) is 17.1 Å². The zero-order valence-electron chi connectivity index (χ0n) is 24.2. The quantitative estimate of drug-likeness (QED) is 0.277. The molecule has 0 radical (unpaired) electrons. The van der Waals surface area contributed by atoms with E-state index in [1.165, 1.54) is 0 Å². The van der Waals surface area contributed by atoms with Crippen molar-refractivity contribution in [1.29, 1.82) is 0 Å². The maximum atomic E-state index is 13.5. The molecule has 1 aromatic carbocycles. The lowest BCUT2D eigenvalue weighted by molar-refractivity contribution is -0.129. The monoisotopic (exact) mass is 545 g/mol. The Kier molecular flexibility index (Phi) is 8.84. The van der Waals surface area contributed by atoms with E-state index < -0.39 is 0 Å². The third-order valence-corrected chi connectivity index (χ3v) is 8.89. The molecule has 3 heterocycles. The van der Waals surface area contributed by atoms with Crippen LogP contribution in [0, 0.1) is 11.3 Å². The number of H-pyrrole nitrogens is 1. The van der Waals surface area contributed by atoms with Crippen LogP contribution in [0.2, 0.25) is 0 Å². The molecule has 8 nitrogen and oxygen atoms in total. The number of amides is 1. The number of ether oxygens (including phenoxy) is 1. The number of unbranched alkanes of at least 4 members (excludes halogenated alkanes) is 2. The Morgan fingerprint density at radius 1 is 1.18 bits per heavy atom. The molecule has 1 aliphatic carbocycles. The van der Waals surface area contributed by atoms with Gasteiger partial charge < -0.3 is 19.9 Å². The summed E-state index contributed by atoms with van der Waals surface area (Å²) in [6.45, 7) is 4.23. The number of ketones is 1. The van der Waals surface area contributed by atoms with E-state index in [2.05, 4.69) is 33.3 Å². The predicted octanol–water partition coefficient (Wildman–Crippen LogP) is 5.84. The van der Waals surface area contributed by atoms with Crippen molar-refractivity contribution < 1.29 is 14.3 Å². The Morgan fingerprint density at radius 2 is 1.95 bits per heavy atom. The molecule has 2 aliphatic rings. The first-order chi connectivity index (χ1) is 19.4. The van der Waals surface area contributed by atoms with Gasteiger partial charge in [0.2, 0.25) is 11.8 Å². The molecule has 3 aromatic rings. The molecule has 40 heavy (non-hydrogen) atoms. The van der Waals surface area contributed by atoms with Gasteiger partial charge >= 0.3 is 0 Å². The number of methoxy groups -OCH3 is 1. The Morgan fingerprint density at radius 3 is 2.67 bits per heavy atom. The van der Waals surface area contributed by atoms with Crippen molar-refractivity contribution in [2.75, 3.05) is 27.2 Å². The smallest absolute Gasteiger partial charge is 0.223 e. The van der Waals surface area contributed by atoms with E-state index in [0.717, 1.165) is 92.4 Å². The Labute approximate surface area is 237 Å². The molecule has 214 valence electrons. The third kappa shape index (κ3) is 6.38. The average molecular weight is 546 g/mol. The van der Waals surface area contributed by atoms with Crippen LogP contribution >= 0.6 is 0 Å². The molecule has 8 heteroatoms. The SMILES string of the molecule is CCC(=O)CCCCC[C@H](NC(=O)C1CCC2(CC1)CN(C)C2)c1ncc(-c2cc3ccccc3nc2OC)[nH]1. The maximum absolute atomic E-state index is 13.5. The number of fused-ring (bicyclic) bond motifs is 1. The number of Topliss-reactive ketones (excluding diaryl/α,β-unsaturated/α-hetero) is 1. The van der Waals surface area contributed by atoms with E-state index in [9.17, 15) is 9.59 Å². The molecular formula is C32H43N5O3. The van der Waals surface area contributed by atoms with Gasteiger partial charge in [-0.15, -0.1) is 0 Å². The van der Waals surface area contributed by atoms with Crippen molar-refractivity contribution in [2.45, 2.75) is 77.2 Å². The van der Waals surface area contributed by atoms with Gasteiger partial charge in [-0.2, -0.15) is 0 Å². The third-order valence-electron chi connectivity index (χ3n) is 8.89. The first-order valence-electron chi connectivity index (χ1n) is 14.9. The highest BCUT2D eigenvalue weighted by Gasteiger charge is 2.44. The van der Waals surface area contributed by atoms with Gasteiger partial charge in [0.1, 0.15) is 11.6 Å². The second-order valence-electron chi connectivity index (χ2n) is 11.9. The Hall–Kier alpha value is -3.26. The number of nitrogens with zero attached hydrogens (tertiary/aromatic N) is 3. The van der Waals surface area contributed by atoms with Gasteiger partial charge in [0.05, 0.1) is 36.1 Å². The molecule has 1 amide bonds. The van der Waals surface area contributed by atoms with E-state index in [4.69, 9.17) is 9.72 Å². The highest BCUT2D eigenvalue weighted by Crippen LogP contribution is 2.45. The van der Waals surface area contributed by atoms with Crippen LogP contribution < -0.4 is 10.1 Å². The van der Waals surface area contributed by atoms with E-state index in [1.807, 2.05) is 31.2 Å². The molecule has 1 saturated heterocycles. The zero-order chi connectivity index (χ0) is 28.1. The summed E-state index contributed by atoms with van der Waals surface area (Å²) in [4.78, 5) is 40.4. The number of carbonyl (C=O) groups is 2. The van der Waals surface area contributed by atoms with Crippen LogP contribution in [0.25, 0.3) is 22.2 Å². The van der Waals surface area contributed by atoms with Gasteiger partial charge in [0, 0.05) is 37.2 Å². The number of likely N-dealkylation sites (tertiary alicyclic amines) is 1. The summed E-state index contributed by atoms with van der Waals surface area (Å²) >= 11 is 0. The molecule has 1 spiro atoms. The summed E-state index contributed by atoms with van der Waals surface area (Å²) in [6.07, 6.45) is 10.7. The number of hydrogen-bond donors (Lipinski definition) is 2. The largest absolute Gasteiger partial charge is 0.480 e. The maximum Gasteiger partial charge on any atom is 0.223 e. The van der Waals surface area contributed by atoms with Crippen LogP contribution in [0.1, 0.15) is 83.0 Å². The van der Waals surface area contributed by atoms with Crippen molar-refractivity contribution in [1.82, 2.24) is 25.2 Å². The minimum atomic E-state index is -0.215. The molecular weight excluding hydrogens is 502 g/mol. The second kappa shape index (κ2) is 12.5. The van der Waals surface area contributed by atoms with Crippen molar-refractivity contribution in [3.05, 3.63) is 42.4 Å². The normalized spacial score (nSPS) is 18.0. The highest BCUT2D eigenvalue weighted by atomic mass is 16.5. The number of rotatable bonds is 12. The number of pyridine rings is 1. The van der Waals surface area contributed by atoms with Crippen LogP contribution in [0.15, 0.2) is 36.5 Å². The number of aromatic nitrogens is 3. The Bertz CT molecular complexity index is 1320. The first-order valence-corrected chi connectivity index (χ1v) is 14.9. The molecule has 5 rings (SSSR count). The molecule has 1 aliphatic heterocycles. The first kappa shape index (κ1) is 28.3. The molecule has 2 N–H and O–H groups in total. The van der Waals surface area contributed by atoms with Gasteiger partial charge in [-0.25, -0.2) is 9.97 Å². The number of aromatic amines is 1. The van der Waals surface area contributed by atoms with Gasteiger partial charge in [-0.3, -0.25) is 9.59 Å². The van der Waals surface area contributed by atoms with Gasteiger partial charge in [0.25, 0.3) is 0 Å². The van der Waals surface area contributed by atoms with Crippen LogP contribution in [0.3, 0.4) is 0 Å². The summed E-state index contributed by atoms with van der Waals surface area (Å²) in [6, 6.07) is 9.81. The summed E-state index contributed by atoms with van der Waals surface area (Å²) in [5.41, 5.74) is 2.96. The van der Waals surface area contributed by atoms with Crippen LogP contribution in [0.5, 0.6) is 5.88 Å². The number of benzene rings is 1. The summed E-state index contributed by atoms with van der Waals surface area (Å²) in [5, 5.41) is 4.37. The number of carbonyl (C=O) groups excluding carboxylic acids is 2. The summed E-state index contributed by atoms with van der Waals surface area (Å²) < 4.78 is 5.62. The van der Waals surface area contributed by atoms with E-state index in [1.54, 1.807) is 13.3 Å².